The van der Waals surface area contributed by atoms with Crippen LogP contribution < -0.4 is 25.0 Å². The van der Waals surface area contributed by atoms with Gasteiger partial charge in [-0.05, 0) is 42.0 Å². The van der Waals surface area contributed by atoms with E-state index in [1.165, 1.54) is 19.2 Å². The molecule has 0 spiro atoms. The molecule has 2 aliphatic heterocycles. The highest BCUT2D eigenvalue weighted by Crippen LogP contribution is 2.35. The molecule has 0 radical (unpaired) electrons. The number of nitrogens with zero attached hydrogens (tertiary/aromatic N) is 2. The number of ether oxygens (including phenoxy) is 2. The zero-order valence-electron chi connectivity index (χ0n) is 17.3. The molecule has 1 atom stereocenters. The van der Waals surface area contributed by atoms with Crippen LogP contribution in [0.25, 0.3) is 0 Å². The molecule has 2 amide bonds. The monoisotopic (exact) mass is 428 g/mol. The van der Waals surface area contributed by atoms with Crippen LogP contribution in [0.1, 0.15) is 11.6 Å². The highest BCUT2D eigenvalue weighted by Gasteiger charge is 2.28. The van der Waals surface area contributed by atoms with Crippen LogP contribution in [0.2, 0.25) is 0 Å². The quantitative estimate of drug-likeness (QED) is 0.699. The molecule has 1 saturated heterocycles. The predicted octanol–water partition coefficient (Wildman–Crippen LogP) is 1.28. The first-order valence-corrected chi connectivity index (χ1v) is 10.2. The maximum Gasteiger partial charge on any atom is 0.309 e. The second-order valence-electron chi connectivity index (χ2n) is 7.42. The summed E-state index contributed by atoms with van der Waals surface area (Å²) in [5.74, 6) is -0.232. The number of fused-ring (bicyclic) bond motifs is 1. The van der Waals surface area contributed by atoms with Crippen LogP contribution in [0.4, 0.5) is 10.1 Å². The number of carbonyl (C=O) groups excluding carboxylic acids is 2. The van der Waals surface area contributed by atoms with Gasteiger partial charge in [-0.15, -0.1) is 0 Å². The van der Waals surface area contributed by atoms with Gasteiger partial charge in [-0.1, -0.05) is 6.07 Å². The number of anilines is 1. The normalized spacial score (nSPS) is 16.6. The topological polar surface area (TPSA) is 83.1 Å². The van der Waals surface area contributed by atoms with Gasteiger partial charge in [-0.3, -0.25) is 14.5 Å². The van der Waals surface area contributed by atoms with Gasteiger partial charge < -0.3 is 25.0 Å². The van der Waals surface area contributed by atoms with E-state index in [4.69, 9.17) is 9.47 Å². The fourth-order valence-electron chi connectivity index (χ4n) is 3.91. The lowest BCUT2D eigenvalue weighted by molar-refractivity contribution is -0.139. The van der Waals surface area contributed by atoms with Crippen LogP contribution in [0.5, 0.6) is 11.5 Å². The van der Waals surface area contributed by atoms with Gasteiger partial charge in [0.1, 0.15) is 5.82 Å². The Morgan fingerprint density at radius 2 is 1.71 bits per heavy atom. The van der Waals surface area contributed by atoms with Gasteiger partial charge in [-0.2, -0.15) is 0 Å². The number of nitrogens with one attached hydrogen (secondary N) is 2. The van der Waals surface area contributed by atoms with E-state index in [-0.39, 0.29) is 25.2 Å². The molecule has 9 heteroatoms. The van der Waals surface area contributed by atoms with Crippen molar-refractivity contribution in [3.63, 3.8) is 0 Å². The number of benzene rings is 2. The fourth-order valence-corrected chi connectivity index (χ4v) is 3.91. The van der Waals surface area contributed by atoms with Crippen molar-refractivity contribution >= 4 is 17.5 Å². The number of hydrogen-bond acceptors (Lipinski definition) is 6. The molecule has 0 saturated carbocycles. The lowest BCUT2D eigenvalue weighted by Gasteiger charge is -2.40. The second-order valence-corrected chi connectivity index (χ2v) is 7.42. The maximum absolute atomic E-state index is 13.2. The number of rotatable bonds is 5. The minimum Gasteiger partial charge on any atom is -0.454 e. The van der Waals surface area contributed by atoms with Crippen LogP contribution in [0.3, 0.4) is 0 Å². The van der Waals surface area contributed by atoms with Crippen LogP contribution >= 0.6 is 0 Å². The summed E-state index contributed by atoms with van der Waals surface area (Å²) in [4.78, 5) is 28.1. The summed E-state index contributed by atoms with van der Waals surface area (Å²) in [6.07, 6.45) is 0. The first-order chi connectivity index (χ1) is 15.0. The minimum absolute atomic E-state index is 0.140. The Bertz CT molecular complexity index is 945. The summed E-state index contributed by atoms with van der Waals surface area (Å²) in [6.45, 7) is 3.47. The van der Waals surface area contributed by atoms with E-state index in [2.05, 4.69) is 20.4 Å². The molecule has 2 aromatic rings. The molecule has 0 unspecified atom stereocenters. The molecule has 2 aliphatic rings. The third kappa shape index (κ3) is 4.72. The Kier molecular flexibility index (Phi) is 6.22. The number of piperazine rings is 1. The zero-order chi connectivity index (χ0) is 21.8. The number of halogens is 1. The van der Waals surface area contributed by atoms with E-state index >= 15 is 0 Å². The van der Waals surface area contributed by atoms with Crippen molar-refractivity contribution in [2.24, 2.45) is 0 Å². The number of carbonyl (C=O) groups is 2. The van der Waals surface area contributed by atoms with Gasteiger partial charge in [0.15, 0.2) is 11.5 Å². The van der Waals surface area contributed by atoms with Crippen molar-refractivity contribution in [1.29, 1.82) is 0 Å². The molecule has 164 valence electrons. The average molecular weight is 428 g/mol. The summed E-state index contributed by atoms with van der Waals surface area (Å²) in [6, 6.07) is 12.1. The van der Waals surface area contributed by atoms with Crippen molar-refractivity contribution in [3.8, 4) is 11.5 Å². The van der Waals surface area contributed by atoms with Gasteiger partial charge in [-0.25, -0.2) is 4.39 Å². The fraction of sp³-hybridized carbons (Fsp3) is 0.364. The van der Waals surface area contributed by atoms with Crippen LogP contribution in [0, 0.1) is 5.82 Å². The molecule has 2 heterocycles. The smallest absolute Gasteiger partial charge is 0.309 e. The molecule has 0 bridgehead atoms. The third-order valence-electron chi connectivity index (χ3n) is 5.62. The highest BCUT2D eigenvalue weighted by atomic mass is 19.1. The van der Waals surface area contributed by atoms with Gasteiger partial charge in [0.2, 0.25) is 6.79 Å². The summed E-state index contributed by atoms with van der Waals surface area (Å²) in [5, 5.41) is 5.06. The molecule has 8 nitrogen and oxygen atoms in total. The third-order valence-corrected chi connectivity index (χ3v) is 5.62. The lowest BCUT2D eigenvalue weighted by atomic mass is 10.0. The van der Waals surface area contributed by atoms with Gasteiger partial charge in [0.05, 0.1) is 6.04 Å². The largest absolute Gasteiger partial charge is 0.454 e. The van der Waals surface area contributed by atoms with Gasteiger partial charge >= 0.3 is 11.8 Å². The van der Waals surface area contributed by atoms with Crippen LogP contribution in [0.15, 0.2) is 42.5 Å². The van der Waals surface area contributed by atoms with Crippen molar-refractivity contribution in [2.45, 2.75) is 6.04 Å². The van der Waals surface area contributed by atoms with Crippen molar-refractivity contribution < 1.29 is 23.5 Å². The second kappa shape index (κ2) is 9.22. The van der Waals surface area contributed by atoms with E-state index < -0.39 is 11.8 Å². The molecule has 0 aliphatic carbocycles. The maximum atomic E-state index is 13.2. The first-order valence-electron chi connectivity index (χ1n) is 10.2. The summed E-state index contributed by atoms with van der Waals surface area (Å²) >= 11 is 0. The Hall–Kier alpha value is -3.33. The number of likely N-dealkylation sites (N-methyl/N-ethyl adjacent to an activating group) is 1. The van der Waals surface area contributed by atoms with Gasteiger partial charge in [0, 0.05) is 45.5 Å². The number of hydrogen-bond donors (Lipinski definition) is 2. The average Bonchev–Trinajstić information content (AvgIpc) is 3.27. The highest BCUT2D eigenvalue weighted by molar-refractivity contribution is 6.35. The standard InChI is InChI=1S/C22H25FN4O4/c1-24-21(28)22(29)25-13-18(15-2-7-19-20(12-15)31-14-30-19)27-10-8-26(9-11-27)17-5-3-16(23)4-6-17/h2-7,12,18H,8-11,13-14H2,1H3,(H,24,28)(H,25,29)/t18-/m0/s1. The molecular weight excluding hydrogens is 403 g/mol. The molecule has 2 aromatic carbocycles. The Balaban J connectivity index is 1.48. The SMILES string of the molecule is CNC(=O)C(=O)NC[C@@H](c1ccc2c(c1)OCO2)N1CCN(c2ccc(F)cc2)CC1. The summed E-state index contributed by atoms with van der Waals surface area (Å²) in [5.41, 5.74) is 1.95. The van der Waals surface area contributed by atoms with Crippen LogP contribution in [-0.2, 0) is 9.59 Å². The van der Waals surface area contributed by atoms with Crippen molar-refractivity contribution in [3.05, 3.63) is 53.8 Å². The van der Waals surface area contributed by atoms with Crippen molar-refractivity contribution in [1.82, 2.24) is 15.5 Å². The van der Waals surface area contributed by atoms with Crippen LogP contribution in [-0.4, -0.2) is 63.3 Å². The Morgan fingerprint density at radius 3 is 2.42 bits per heavy atom. The molecular formula is C22H25FN4O4. The first kappa shape index (κ1) is 20.9. The van der Waals surface area contributed by atoms with E-state index in [1.54, 1.807) is 12.1 Å². The molecule has 4 rings (SSSR count). The van der Waals surface area contributed by atoms with Gasteiger partial charge in [0.25, 0.3) is 0 Å². The lowest BCUT2D eigenvalue weighted by Crippen LogP contribution is -2.50. The molecule has 2 N–H and O–H groups in total. The molecule has 0 aromatic heterocycles. The van der Waals surface area contributed by atoms with E-state index in [9.17, 15) is 14.0 Å². The van der Waals surface area contributed by atoms with E-state index in [1.807, 2.05) is 18.2 Å². The predicted molar refractivity (Wildman–Crippen MR) is 113 cm³/mol. The molecule has 31 heavy (non-hydrogen) atoms. The summed E-state index contributed by atoms with van der Waals surface area (Å²) < 4.78 is 24.1. The zero-order valence-corrected chi connectivity index (χ0v) is 17.3. The number of amides is 2. The molecule has 1 fully saturated rings. The van der Waals surface area contributed by atoms with E-state index in [0.29, 0.717) is 11.5 Å². The van der Waals surface area contributed by atoms with E-state index in [0.717, 1.165) is 37.4 Å². The summed E-state index contributed by atoms with van der Waals surface area (Å²) in [7, 11) is 1.42. The Morgan fingerprint density at radius 1 is 1.00 bits per heavy atom. The Labute approximate surface area is 179 Å². The minimum atomic E-state index is -0.675. The van der Waals surface area contributed by atoms with Crippen molar-refractivity contribution in [2.75, 3.05) is 51.5 Å².